The average molecular weight is 239 g/mol. The van der Waals surface area contributed by atoms with Gasteiger partial charge in [0.25, 0.3) is 0 Å². The average Bonchev–Trinajstić information content (AvgIpc) is 2.98. The molecule has 1 unspecified atom stereocenters. The minimum absolute atomic E-state index is 0.244. The Kier molecular flexibility index (Phi) is 2.10. The number of aromatic carboxylic acids is 1. The number of carboxylic acids is 1. The van der Waals surface area contributed by atoms with Crippen LogP contribution in [0, 0.1) is 5.92 Å². The second-order valence-electron chi connectivity index (χ2n) is 4.46. The van der Waals surface area contributed by atoms with Crippen molar-refractivity contribution in [3.8, 4) is 5.75 Å². The van der Waals surface area contributed by atoms with Crippen molar-refractivity contribution in [3.63, 3.8) is 0 Å². The summed E-state index contributed by atoms with van der Waals surface area (Å²) in [5, 5.41) is 10.9. The number of anilines is 1. The van der Waals surface area contributed by atoms with Crippen molar-refractivity contribution in [1.29, 1.82) is 0 Å². The lowest BCUT2D eigenvalue weighted by molar-refractivity contribution is 0.0701. The summed E-state index contributed by atoms with van der Waals surface area (Å²) in [6.45, 7) is 0.800. The molecular weight excluding hydrogens is 226 g/mol. The zero-order chi connectivity index (χ0) is 11.3. The zero-order valence-electron chi connectivity index (χ0n) is 8.97. The van der Waals surface area contributed by atoms with Gasteiger partial charge in [0.1, 0.15) is 16.7 Å². The molecule has 0 amide bonds. The fourth-order valence-corrected chi connectivity index (χ4v) is 3.07. The van der Waals surface area contributed by atoms with E-state index in [0.29, 0.717) is 10.8 Å². The third-order valence-electron chi connectivity index (χ3n) is 3.19. The maximum Gasteiger partial charge on any atom is 0.348 e. The third kappa shape index (κ3) is 1.46. The summed E-state index contributed by atoms with van der Waals surface area (Å²) in [4.78, 5) is 13.4. The molecule has 0 bridgehead atoms. The second kappa shape index (κ2) is 3.38. The van der Waals surface area contributed by atoms with Crippen molar-refractivity contribution in [2.24, 2.45) is 5.92 Å². The van der Waals surface area contributed by atoms with Crippen LogP contribution in [-0.2, 0) is 0 Å². The molecule has 0 saturated heterocycles. The van der Waals surface area contributed by atoms with Crippen molar-refractivity contribution >= 4 is 23.0 Å². The van der Waals surface area contributed by atoms with Gasteiger partial charge in [0, 0.05) is 12.4 Å². The number of likely N-dealkylation sites (N-methyl/N-ethyl adjacent to an activating group) is 1. The Morgan fingerprint density at radius 1 is 1.62 bits per heavy atom. The molecule has 1 aliphatic carbocycles. The van der Waals surface area contributed by atoms with Gasteiger partial charge in [-0.1, -0.05) is 0 Å². The first-order chi connectivity index (χ1) is 7.66. The highest BCUT2D eigenvalue weighted by molar-refractivity contribution is 7.13. The molecule has 5 heteroatoms. The summed E-state index contributed by atoms with van der Waals surface area (Å²) in [5.74, 6) is 0.545. The lowest BCUT2D eigenvalue weighted by atomic mass is 10.1. The molecule has 1 aromatic heterocycles. The maximum atomic E-state index is 11.0. The Balaban J connectivity index is 1.94. The minimum atomic E-state index is -0.869. The first-order valence-corrected chi connectivity index (χ1v) is 6.27. The van der Waals surface area contributed by atoms with E-state index in [-0.39, 0.29) is 6.10 Å². The monoisotopic (exact) mass is 239 g/mol. The number of nitrogens with zero attached hydrogens (tertiary/aromatic N) is 1. The van der Waals surface area contributed by atoms with Gasteiger partial charge in [-0.2, -0.15) is 0 Å². The molecule has 86 valence electrons. The van der Waals surface area contributed by atoms with Gasteiger partial charge in [-0.15, -0.1) is 11.3 Å². The van der Waals surface area contributed by atoms with E-state index in [0.717, 1.165) is 18.0 Å². The molecule has 1 fully saturated rings. The van der Waals surface area contributed by atoms with Gasteiger partial charge in [-0.25, -0.2) is 4.79 Å². The molecule has 0 spiro atoms. The van der Waals surface area contributed by atoms with Gasteiger partial charge >= 0.3 is 5.97 Å². The van der Waals surface area contributed by atoms with Crippen LogP contribution in [0.1, 0.15) is 22.5 Å². The maximum absolute atomic E-state index is 11.0. The fraction of sp³-hybridized carbons (Fsp3) is 0.545. The molecule has 2 heterocycles. The summed E-state index contributed by atoms with van der Waals surface area (Å²) in [7, 11) is 1.94. The lowest BCUT2D eigenvalue weighted by Gasteiger charge is -2.32. The summed E-state index contributed by atoms with van der Waals surface area (Å²) in [6, 6.07) is 0. The van der Waals surface area contributed by atoms with E-state index in [1.165, 1.54) is 24.2 Å². The first kappa shape index (κ1) is 9.96. The van der Waals surface area contributed by atoms with Crippen LogP contribution < -0.4 is 9.64 Å². The molecule has 4 nitrogen and oxygen atoms in total. The van der Waals surface area contributed by atoms with Crippen molar-refractivity contribution in [2.45, 2.75) is 18.9 Å². The van der Waals surface area contributed by atoms with Crippen LogP contribution in [0.25, 0.3) is 0 Å². The Hall–Kier alpha value is -1.23. The summed E-state index contributed by atoms with van der Waals surface area (Å²) in [6.07, 6.45) is 2.72. The molecule has 1 atom stereocenters. The number of ether oxygens (including phenoxy) is 1. The zero-order valence-corrected chi connectivity index (χ0v) is 9.79. The molecule has 2 aliphatic rings. The highest BCUT2D eigenvalue weighted by Gasteiger charge is 2.38. The Morgan fingerprint density at radius 2 is 2.38 bits per heavy atom. The van der Waals surface area contributed by atoms with Crippen LogP contribution in [0.2, 0.25) is 0 Å². The number of rotatable bonds is 2. The van der Waals surface area contributed by atoms with E-state index in [9.17, 15) is 4.79 Å². The van der Waals surface area contributed by atoms with Crippen LogP contribution in [0.15, 0.2) is 5.38 Å². The lowest BCUT2D eigenvalue weighted by Crippen LogP contribution is -2.39. The SMILES string of the molecule is CN1CC(C2CC2)Oc2csc(C(=O)O)c21. The predicted molar refractivity (Wildman–Crippen MR) is 61.7 cm³/mol. The number of carboxylic acid groups (broad SMARTS) is 1. The van der Waals surface area contributed by atoms with Crippen LogP contribution in [0.5, 0.6) is 5.75 Å². The normalized spacial score (nSPS) is 23.8. The van der Waals surface area contributed by atoms with E-state index in [1.54, 1.807) is 0 Å². The fourth-order valence-electron chi connectivity index (χ4n) is 2.21. The van der Waals surface area contributed by atoms with Gasteiger partial charge < -0.3 is 14.7 Å². The summed E-state index contributed by atoms with van der Waals surface area (Å²) >= 11 is 1.25. The van der Waals surface area contributed by atoms with Crippen LogP contribution >= 0.6 is 11.3 Å². The minimum Gasteiger partial charge on any atom is -0.485 e. The van der Waals surface area contributed by atoms with Crippen molar-refractivity contribution in [1.82, 2.24) is 0 Å². The van der Waals surface area contributed by atoms with E-state index in [2.05, 4.69) is 0 Å². The van der Waals surface area contributed by atoms with Gasteiger partial charge in [0.15, 0.2) is 5.75 Å². The molecule has 0 aromatic carbocycles. The van der Waals surface area contributed by atoms with Crippen molar-refractivity contribution in [3.05, 3.63) is 10.3 Å². The second-order valence-corrected chi connectivity index (χ2v) is 5.34. The quantitative estimate of drug-likeness (QED) is 0.858. The molecule has 1 N–H and O–H groups in total. The molecule has 16 heavy (non-hydrogen) atoms. The Labute approximate surface area is 97.4 Å². The third-order valence-corrected chi connectivity index (χ3v) is 4.12. The Bertz CT molecular complexity index is 438. The van der Waals surface area contributed by atoms with E-state index in [1.807, 2.05) is 17.3 Å². The van der Waals surface area contributed by atoms with E-state index < -0.39 is 5.97 Å². The standard InChI is InChI=1S/C11H13NO3S/c1-12-4-7(6-2-3-6)15-8-5-16-10(9(8)12)11(13)14/h5-7H,2-4H2,1H3,(H,13,14). The highest BCUT2D eigenvalue weighted by atomic mass is 32.1. The van der Waals surface area contributed by atoms with E-state index >= 15 is 0 Å². The van der Waals surface area contributed by atoms with Crippen LogP contribution in [-0.4, -0.2) is 30.8 Å². The van der Waals surface area contributed by atoms with Crippen molar-refractivity contribution < 1.29 is 14.6 Å². The number of fused-ring (bicyclic) bond motifs is 1. The Morgan fingerprint density at radius 3 is 3.00 bits per heavy atom. The smallest absolute Gasteiger partial charge is 0.348 e. The summed E-state index contributed by atoms with van der Waals surface area (Å²) < 4.78 is 5.86. The number of hydrogen-bond acceptors (Lipinski definition) is 4. The molecule has 1 aromatic rings. The largest absolute Gasteiger partial charge is 0.485 e. The van der Waals surface area contributed by atoms with Gasteiger partial charge in [-0.05, 0) is 18.8 Å². The summed E-state index contributed by atoms with van der Waals surface area (Å²) in [5.41, 5.74) is 0.745. The highest BCUT2D eigenvalue weighted by Crippen LogP contribution is 2.45. The van der Waals surface area contributed by atoms with Crippen LogP contribution in [0.3, 0.4) is 0 Å². The number of hydrogen-bond donors (Lipinski definition) is 1. The van der Waals surface area contributed by atoms with Gasteiger partial charge in [-0.3, -0.25) is 0 Å². The molecule has 0 radical (unpaired) electrons. The molecule has 1 saturated carbocycles. The number of thiophene rings is 1. The first-order valence-electron chi connectivity index (χ1n) is 5.39. The van der Waals surface area contributed by atoms with E-state index in [4.69, 9.17) is 9.84 Å². The molecular formula is C11H13NO3S. The topological polar surface area (TPSA) is 49.8 Å². The van der Waals surface area contributed by atoms with Gasteiger partial charge in [0.05, 0.1) is 6.54 Å². The molecule has 1 aliphatic heterocycles. The molecule has 3 rings (SSSR count). The van der Waals surface area contributed by atoms with Gasteiger partial charge in [0.2, 0.25) is 0 Å². The van der Waals surface area contributed by atoms with Crippen LogP contribution in [0.4, 0.5) is 5.69 Å². The van der Waals surface area contributed by atoms with Crippen molar-refractivity contribution in [2.75, 3.05) is 18.5 Å². The predicted octanol–water partition coefficient (Wildman–Crippen LogP) is 2.05. The number of carbonyl (C=O) groups is 1.